The molecule has 0 saturated heterocycles. The van der Waals surface area contributed by atoms with Crippen LogP contribution in [0.15, 0.2) is 18.2 Å². The number of methoxy groups -OCH3 is 1. The van der Waals surface area contributed by atoms with Crippen molar-refractivity contribution in [1.29, 1.82) is 0 Å². The second-order valence-corrected chi connectivity index (χ2v) is 3.40. The Morgan fingerprint density at radius 1 is 1.40 bits per heavy atom. The zero-order valence-electron chi connectivity index (χ0n) is 8.89. The Hall–Kier alpha value is -1.16. The second kappa shape index (κ2) is 4.57. The number of hydrogen-bond acceptors (Lipinski definition) is 2. The second-order valence-electron chi connectivity index (χ2n) is 3.40. The largest absolute Gasteiger partial charge is 0.496 e. The van der Waals surface area contributed by atoms with Gasteiger partial charge >= 0.3 is 0 Å². The monoisotopic (exact) mass is 215 g/mol. The highest BCUT2D eigenvalue weighted by molar-refractivity contribution is 5.42. The van der Waals surface area contributed by atoms with Crippen molar-refractivity contribution in [2.24, 2.45) is 5.73 Å². The van der Waals surface area contributed by atoms with Crippen molar-refractivity contribution in [2.75, 3.05) is 13.7 Å². The van der Waals surface area contributed by atoms with Crippen molar-refractivity contribution in [1.82, 2.24) is 0 Å². The van der Waals surface area contributed by atoms with Gasteiger partial charge in [0.15, 0.2) is 0 Å². The van der Waals surface area contributed by atoms with Gasteiger partial charge < -0.3 is 10.5 Å². The topological polar surface area (TPSA) is 35.2 Å². The quantitative estimate of drug-likeness (QED) is 0.837. The number of hydrogen-bond donors (Lipinski definition) is 1. The Morgan fingerprint density at radius 3 is 2.60 bits per heavy atom. The Bertz CT molecular complexity index is 339. The molecular formula is C11H15F2NO. The molecule has 0 aliphatic heterocycles. The van der Waals surface area contributed by atoms with Crippen molar-refractivity contribution in [2.45, 2.75) is 19.3 Å². The number of aryl methyl sites for hydroxylation is 1. The molecular weight excluding hydrogens is 200 g/mol. The molecule has 0 saturated carbocycles. The Labute approximate surface area is 88.0 Å². The minimum atomic E-state index is -2.93. The molecule has 0 aliphatic carbocycles. The summed E-state index contributed by atoms with van der Waals surface area (Å²) in [6, 6.07) is 4.87. The highest BCUT2D eigenvalue weighted by Gasteiger charge is 2.35. The van der Waals surface area contributed by atoms with Gasteiger partial charge in [0.2, 0.25) is 0 Å². The van der Waals surface area contributed by atoms with E-state index in [0.717, 1.165) is 0 Å². The lowest BCUT2D eigenvalue weighted by Gasteiger charge is -2.20. The number of alkyl halides is 2. The fourth-order valence-electron chi connectivity index (χ4n) is 1.59. The van der Waals surface area contributed by atoms with E-state index in [0.29, 0.717) is 5.56 Å². The first-order chi connectivity index (χ1) is 7.03. The van der Waals surface area contributed by atoms with Gasteiger partial charge in [-0.3, -0.25) is 0 Å². The zero-order chi connectivity index (χ0) is 11.5. The van der Waals surface area contributed by atoms with Gasteiger partial charge in [0.1, 0.15) is 5.75 Å². The van der Waals surface area contributed by atoms with Gasteiger partial charge in [-0.2, -0.15) is 0 Å². The predicted octanol–water partition coefficient (Wildman–Crippen LogP) is 2.44. The molecule has 84 valence electrons. The van der Waals surface area contributed by atoms with E-state index < -0.39 is 5.92 Å². The first-order valence-electron chi connectivity index (χ1n) is 4.75. The predicted molar refractivity (Wildman–Crippen MR) is 55.3 cm³/mol. The summed E-state index contributed by atoms with van der Waals surface area (Å²) >= 11 is 0. The summed E-state index contributed by atoms with van der Waals surface area (Å²) in [5.74, 6) is -2.71. The third-order valence-electron chi connectivity index (χ3n) is 2.28. The molecule has 15 heavy (non-hydrogen) atoms. The van der Waals surface area contributed by atoms with Crippen LogP contribution in [-0.2, 0) is 5.92 Å². The van der Waals surface area contributed by atoms with E-state index in [9.17, 15) is 8.78 Å². The molecule has 4 heteroatoms. The van der Waals surface area contributed by atoms with Crippen LogP contribution in [0, 0.1) is 6.92 Å². The van der Waals surface area contributed by atoms with E-state index in [1.165, 1.54) is 13.2 Å². The molecule has 2 nitrogen and oxygen atoms in total. The molecule has 0 unspecified atom stereocenters. The summed E-state index contributed by atoms with van der Waals surface area (Å²) in [7, 11) is 1.39. The normalized spacial score (nSPS) is 11.5. The summed E-state index contributed by atoms with van der Waals surface area (Å²) in [4.78, 5) is 0. The number of rotatable bonds is 4. The van der Waals surface area contributed by atoms with Crippen molar-refractivity contribution in [3.8, 4) is 5.75 Å². The van der Waals surface area contributed by atoms with Crippen LogP contribution in [0.2, 0.25) is 0 Å². The Morgan fingerprint density at radius 2 is 2.07 bits per heavy atom. The summed E-state index contributed by atoms with van der Waals surface area (Å²) in [5, 5.41) is 0. The lowest BCUT2D eigenvalue weighted by molar-refractivity contribution is -0.0134. The smallest absolute Gasteiger partial charge is 0.278 e. The van der Waals surface area contributed by atoms with Crippen LogP contribution in [0.25, 0.3) is 0 Å². The molecule has 0 bridgehead atoms. The van der Waals surface area contributed by atoms with Gasteiger partial charge in [0, 0.05) is 6.42 Å². The van der Waals surface area contributed by atoms with Crippen LogP contribution < -0.4 is 10.5 Å². The molecule has 2 N–H and O–H groups in total. The SMILES string of the molecule is COc1cccc(C)c1C(F)(F)CCN. The van der Waals surface area contributed by atoms with Gasteiger partial charge in [-0.15, -0.1) is 0 Å². The van der Waals surface area contributed by atoms with Gasteiger partial charge in [0.25, 0.3) is 5.92 Å². The van der Waals surface area contributed by atoms with Crippen LogP contribution in [0.5, 0.6) is 5.75 Å². The van der Waals surface area contributed by atoms with Crippen molar-refractivity contribution in [3.63, 3.8) is 0 Å². The van der Waals surface area contributed by atoms with Crippen molar-refractivity contribution in [3.05, 3.63) is 29.3 Å². The molecule has 0 heterocycles. The molecule has 0 atom stereocenters. The van der Waals surface area contributed by atoms with Crippen molar-refractivity contribution >= 4 is 0 Å². The van der Waals surface area contributed by atoms with E-state index in [1.54, 1.807) is 19.1 Å². The molecule has 0 spiro atoms. The van der Waals surface area contributed by atoms with Gasteiger partial charge in [-0.25, -0.2) is 8.78 Å². The van der Waals surface area contributed by atoms with Crippen LogP contribution in [0.4, 0.5) is 8.78 Å². The fraction of sp³-hybridized carbons (Fsp3) is 0.455. The third kappa shape index (κ3) is 2.45. The number of ether oxygens (including phenoxy) is 1. The molecule has 1 aromatic carbocycles. The minimum Gasteiger partial charge on any atom is -0.496 e. The van der Waals surface area contributed by atoms with Crippen LogP contribution in [0.3, 0.4) is 0 Å². The summed E-state index contributed by atoms with van der Waals surface area (Å²) < 4.78 is 32.3. The first-order valence-corrected chi connectivity index (χ1v) is 4.75. The molecule has 1 aromatic rings. The lowest BCUT2D eigenvalue weighted by Crippen LogP contribution is -2.20. The van der Waals surface area contributed by atoms with Crippen LogP contribution >= 0.6 is 0 Å². The number of halogens is 2. The maximum Gasteiger partial charge on any atom is 0.278 e. The third-order valence-corrected chi connectivity index (χ3v) is 2.28. The zero-order valence-corrected chi connectivity index (χ0v) is 8.89. The maximum atomic E-state index is 13.7. The molecule has 0 aromatic heterocycles. The summed E-state index contributed by atoms with van der Waals surface area (Å²) in [6.45, 7) is 1.59. The molecule has 0 fully saturated rings. The molecule has 1 rings (SSSR count). The van der Waals surface area contributed by atoms with E-state index in [1.807, 2.05) is 0 Å². The van der Waals surface area contributed by atoms with E-state index in [2.05, 4.69) is 0 Å². The van der Waals surface area contributed by atoms with Crippen LogP contribution in [-0.4, -0.2) is 13.7 Å². The van der Waals surface area contributed by atoms with Gasteiger partial charge in [0.05, 0.1) is 12.7 Å². The maximum absolute atomic E-state index is 13.7. The average Bonchev–Trinajstić information content (AvgIpc) is 2.16. The molecule has 0 aliphatic rings. The van der Waals surface area contributed by atoms with Crippen LogP contribution in [0.1, 0.15) is 17.5 Å². The average molecular weight is 215 g/mol. The van der Waals surface area contributed by atoms with Gasteiger partial charge in [-0.05, 0) is 25.1 Å². The summed E-state index contributed by atoms with van der Waals surface area (Å²) in [6.07, 6.45) is -0.367. The van der Waals surface area contributed by atoms with E-state index in [4.69, 9.17) is 10.5 Å². The molecule has 0 radical (unpaired) electrons. The standard InChI is InChI=1S/C11H15F2NO/c1-8-4-3-5-9(15-2)10(8)11(12,13)6-7-14/h3-5H,6-7,14H2,1-2H3. The number of benzene rings is 1. The van der Waals surface area contributed by atoms with Crippen molar-refractivity contribution < 1.29 is 13.5 Å². The lowest BCUT2D eigenvalue weighted by atomic mass is 9.99. The summed E-state index contributed by atoms with van der Waals surface area (Å²) in [5.41, 5.74) is 5.64. The minimum absolute atomic E-state index is 0.0511. The van der Waals surface area contributed by atoms with E-state index >= 15 is 0 Å². The highest BCUT2D eigenvalue weighted by Crippen LogP contribution is 2.39. The van der Waals surface area contributed by atoms with E-state index in [-0.39, 0.29) is 24.3 Å². The Kier molecular flexibility index (Phi) is 3.63. The Balaban J connectivity index is 3.21. The first kappa shape index (κ1) is 11.9. The number of nitrogens with two attached hydrogens (primary N) is 1. The fourth-order valence-corrected chi connectivity index (χ4v) is 1.59. The van der Waals surface area contributed by atoms with Gasteiger partial charge in [-0.1, -0.05) is 12.1 Å². The highest BCUT2D eigenvalue weighted by atomic mass is 19.3. The molecule has 0 amide bonds.